The highest BCUT2D eigenvalue weighted by molar-refractivity contribution is 5.80. The van der Waals surface area contributed by atoms with Gasteiger partial charge in [0.05, 0.1) is 12.1 Å². The standard InChI is InChI=1S/C13H18N4O2/c1-4-19-13(18)10(7(2)3)12-15-8-5-6-9(14)16-11(8)17-12/h5-7,10H,4H2,1-3H3,(H3,14,15,16,17). The van der Waals surface area contributed by atoms with Gasteiger partial charge in [0.1, 0.15) is 17.6 Å². The van der Waals surface area contributed by atoms with Gasteiger partial charge in [-0.2, -0.15) is 0 Å². The smallest absolute Gasteiger partial charge is 0.316 e. The molecule has 0 aliphatic carbocycles. The Morgan fingerprint density at radius 1 is 1.42 bits per heavy atom. The molecule has 0 aromatic carbocycles. The number of rotatable bonds is 4. The van der Waals surface area contributed by atoms with Crippen LogP contribution in [-0.4, -0.2) is 27.5 Å². The first-order chi connectivity index (χ1) is 9.02. The van der Waals surface area contributed by atoms with Gasteiger partial charge in [-0.05, 0) is 25.0 Å². The summed E-state index contributed by atoms with van der Waals surface area (Å²) in [5, 5.41) is 0. The van der Waals surface area contributed by atoms with Gasteiger partial charge in [0.2, 0.25) is 0 Å². The summed E-state index contributed by atoms with van der Waals surface area (Å²) in [6.07, 6.45) is 0. The number of aromatic amines is 1. The third kappa shape index (κ3) is 2.67. The number of anilines is 1. The largest absolute Gasteiger partial charge is 0.465 e. The highest BCUT2D eigenvalue weighted by Gasteiger charge is 2.28. The second-order valence-electron chi connectivity index (χ2n) is 4.70. The number of nitrogens with zero attached hydrogens (tertiary/aromatic N) is 2. The first kappa shape index (κ1) is 13.3. The van der Waals surface area contributed by atoms with Crippen LogP contribution in [0.1, 0.15) is 32.5 Å². The second kappa shape index (κ2) is 5.26. The lowest BCUT2D eigenvalue weighted by Crippen LogP contribution is -2.22. The number of aromatic nitrogens is 3. The fourth-order valence-electron chi connectivity index (χ4n) is 2.00. The van der Waals surface area contributed by atoms with Crippen molar-refractivity contribution in [2.24, 2.45) is 5.92 Å². The minimum Gasteiger partial charge on any atom is -0.465 e. The molecule has 0 bridgehead atoms. The molecule has 0 saturated carbocycles. The van der Waals surface area contributed by atoms with Crippen LogP contribution in [0.25, 0.3) is 11.2 Å². The van der Waals surface area contributed by atoms with E-state index in [9.17, 15) is 4.79 Å². The van der Waals surface area contributed by atoms with Crippen LogP contribution in [-0.2, 0) is 9.53 Å². The average molecular weight is 262 g/mol. The summed E-state index contributed by atoms with van der Waals surface area (Å²) in [5.41, 5.74) is 6.90. The maximum atomic E-state index is 12.0. The Balaban J connectivity index is 2.41. The number of nitrogen functional groups attached to an aromatic ring is 1. The van der Waals surface area contributed by atoms with Crippen molar-refractivity contribution in [3.8, 4) is 0 Å². The Hall–Kier alpha value is -2.11. The Kier molecular flexibility index (Phi) is 3.69. The first-order valence-electron chi connectivity index (χ1n) is 6.31. The van der Waals surface area contributed by atoms with Crippen molar-refractivity contribution in [1.29, 1.82) is 0 Å². The van der Waals surface area contributed by atoms with Gasteiger partial charge in [-0.15, -0.1) is 0 Å². The monoisotopic (exact) mass is 262 g/mol. The molecule has 0 fully saturated rings. The van der Waals surface area contributed by atoms with Crippen molar-refractivity contribution < 1.29 is 9.53 Å². The number of pyridine rings is 1. The van der Waals surface area contributed by atoms with Crippen molar-refractivity contribution in [3.05, 3.63) is 18.0 Å². The van der Waals surface area contributed by atoms with Gasteiger partial charge in [-0.25, -0.2) is 9.97 Å². The van der Waals surface area contributed by atoms with Gasteiger partial charge in [0, 0.05) is 0 Å². The second-order valence-corrected chi connectivity index (χ2v) is 4.70. The third-order valence-corrected chi connectivity index (χ3v) is 2.89. The summed E-state index contributed by atoms with van der Waals surface area (Å²) in [6.45, 7) is 6.05. The molecule has 2 rings (SSSR count). The van der Waals surface area contributed by atoms with Crippen LogP contribution < -0.4 is 5.73 Å². The Morgan fingerprint density at radius 2 is 2.16 bits per heavy atom. The number of fused-ring (bicyclic) bond motifs is 1. The zero-order chi connectivity index (χ0) is 14.0. The molecule has 102 valence electrons. The molecular weight excluding hydrogens is 244 g/mol. The summed E-state index contributed by atoms with van der Waals surface area (Å²) in [7, 11) is 0. The Morgan fingerprint density at radius 3 is 2.79 bits per heavy atom. The van der Waals surface area contributed by atoms with Gasteiger partial charge in [-0.1, -0.05) is 13.8 Å². The van der Waals surface area contributed by atoms with Crippen LogP contribution in [0.15, 0.2) is 12.1 Å². The van der Waals surface area contributed by atoms with E-state index in [4.69, 9.17) is 10.5 Å². The van der Waals surface area contributed by atoms with E-state index in [0.717, 1.165) is 5.52 Å². The predicted molar refractivity (Wildman–Crippen MR) is 72.5 cm³/mol. The topological polar surface area (TPSA) is 93.9 Å². The summed E-state index contributed by atoms with van der Waals surface area (Å²) in [4.78, 5) is 23.6. The molecule has 2 heterocycles. The SMILES string of the molecule is CCOC(=O)C(c1nc2nc(N)ccc2[nH]1)C(C)C. The summed E-state index contributed by atoms with van der Waals surface area (Å²) in [6, 6.07) is 3.50. The molecule has 0 aliphatic heterocycles. The number of imidazole rings is 1. The first-order valence-corrected chi connectivity index (χ1v) is 6.31. The minimum atomic E-state index is -0.421. The molecule has 1 unspecified atom stereocenters. The zero-order valence-electron chi connectivity index (χ0n) is 11.3. The molecule has 0 radical (unpaired) electrons. The molecule has 0 saturated heterocycles. The van der Waals surface area contributed by atoms with E-state index in [2.05, 4.69) is 15.0 Å². The van der Waals surface area contributed by atoms with Crippen molar-refractivity contribution in [3.63, 3.8) is 0 Å². The Bertz CT molecular complexity index is 591. The zero-order valence-corrected chi connectivity index (χ0v) is 11.3. The lowest BCUT2D eigenvalue weighted by atomic mass is 9.95. The van der Waals surface area contributed by atoms with E-state index < -0.39 is 5.92 Å². The molecule has 1 atom stereocenters. The number of H-pyrrole nitrogens is 1. The molecule has 0 spiro atoms. The van der Waals surface area contributed by atoms with Gasteiger partial charge < -0.3 is 15.5 Å². The van der Waals surface area contributed by atoms with E-state index >= 15 is 0 Å². The molecule has 0 aliphatic rings. The number of ether oxygens (including phenoxy) is 1. The van der Waals surface area contributed by atoms with E-state index in [1.807, 2.05) is 13.8 Å². The number of nitrogens with one attached hydrogen (secondary N) is 1. The fraction of sp³-hybridized carbons (Fsp3) is 0.462. The van der Waals surface area contributed by atoms with Crippen LogP contribution in [0, 0.1) is 5.92 Å². The number of nitrogens with two attached hydrogens (primary N) is 1. The van der Waals surface area contributed by atoms with Gasteiger partial charge in [-0.3, -0.25) is 4.79 Å². The minimum absolute atomic E-state index is 0.0805. The number of hydrogen-bond acceptors (Lipinski definition) is 5. The lowest BCUT2D eigenvalue weighted by Gasteiger charge is -2.16. The van der Waals surface area contributed by atoms with E-state index in [1.165, 1.54) is 0 Å². The normalized spacial score (nSPS) is 12.8. The van der Waals surface area contributed by atoms with E-state index in [0.29, 0.717) is 23.9 Å². The number of hydrogen-bond donors (Lipinski definition) is 2. The van der Waals surface area contributed by atoms with Crippen molar-refractivity contribution in [2.45, 2.75) is 26.7 Å². The maximum absolute atomic E-state index is 12.0. The number of esters is 1. The quantitative estimate of drug-likeness (QED) is 0.820. The summed E-state index contributed by atoms with van der Waals surface area (Å²) >= 11 is 0. The number of carbonyl (C=O) groups is 1. The van der Waals surface area contributed by atoms with Crippen molar-refractivity contribution in [2.75, 3.05) is 12.3 Å². The summed E-state index contributed by atoms with van der Waals surface area (Å²) in [5.74, 6) is 0.362. The van der Waals surface area contributed by atoms with Crippen LogP contribution in [0.4, 0.5) is 5.82 Å². The molecule has 6 nitrogen and oxygen atoms in total. The highest BCUT2D eigenvalue weighted by atomic mass is 16.5. The van der Waals surface area contributed by atoms with Crippen molar-refractivity contribution in [1.82, 2.24) is 15.0 Å². The molecule has 2 aromatic rings. The number of carbonyl (C=O) groups excluding carboxylic acids is 1. The van der Waals surface area contributed by atoms with Gasteiger partial charge in [0.25, 0.3) is 0 Å². The lowest BCUT2D eigenvalue weighted by molar-refractivity contribution is -0.146. The van der Waals surface area contributed by atoms with Gasteiger partial charge in [0.15, 0.2) is 5.65 Å². The van der Waals surface area contributed by atoms with E-state index in [-0.39, 0.29) is 11.9 Å². The molecule has 19 heavy (non-hydrogen) atoms. The van der Waals surface area contributed by atoms with Crippen LogP contribution in [0.3, 0.4) is 0 Å². The summed E-state index contributed by atoms with van der Waals surface area (Å²) < 4.78 is 5.10. The molecule has 0 amide bonds. The maximum Gasteiger partial charge on any atom is 0.316 e. The van der Waals surface area contributed by atoms with Crippen LogP contribution >= 0.6 is 0 Å². The molecule has 6 heteroatoms. The molecular formula is C13H18N4O2. The van der Waals surface area contributed by atoms with Crippen LogP contribution in [0.5, 0.6) is 0 Å². The Labute approximate surface area is 111 Å². The van der Waals surface area contributed by atoms with Crippen molar-refractivity contribution >= 4 is 23.0 Å². The third-order valence-electron chi connectivity index (χ3n) is 2.89. The fourth-order valence-corrected chi connectivity index (χ4v) is 2.00. The van der Waals surface area contributed by atoms with Crippen LogP contribution in [0.2, 0.25) is 0 Å². The molecule has 3 N–H and O–H groups in total. The predicted octanol–water partition coefficient (Wildman–Crippen LogP) is 1.84. The van der Waals surface area contributed by atoms with E-state index in [1.54, 1.807) is 19.1 Å². The van der Waals surface area contributed by atoms with Gasteiger partial charge >= 0.3 is 5.97 Å². The molecule has 2 aromatic heterocycles. The average Bonchev–Trinajstić information content (AvgIpc) is 2.71. The highest BCUT2D eigenvalue weighted by Crippen LogP contribution is 2.25.